The summed E-state index contributed by atoms with van der Waals surface area (Å²) in [5.74, 6) is 0. The molecule has 4 heteroatoms. The van der Waals surface area contributed by atoms with Gasteiger partial charge in [-0.1, -0.05) is 23.7 Å². The molecule has 0 saturated carbocycles. The summed E-state index contributed by atoms with van der Waals surface area (Å²) in [4.78, 5) is 12.7. The van der Waals surface area contributed by atoms with Crippen LogP contribution in [0.25, 0.3) is 0 Å². The molecule has 0 heterocycles. The zero-order chi connectivity index (χ0) is 10.6. The van der Waals surface area contributed by atoms with E-state index in [4.69, 9.17) is 11.6 Å². The number of nitrogens with zero attached hydrogens (tertiary/aromatic N) is 1. The highest BCUT2D eigenvalue weighted by Gasteiger charge is 2.01. The fraction of sp³-hybridized carbons (Fsp3) is 0.300. The highest BCUT2D eigenvalue weighted by Crippen LogP contribution is 2.10. The van der Waals surface area contributed by atoms with E-state index in [9.17, 15) is 4.79 Å². The SMILES string of the molecule is CN(C)C(=O)NCc1cccc(Cl)c1. The fourth-order valence-electron chi connectivity index (χ4n) is 0.983. The molecule has 3 nitrogen and oxygen atoms in total. The minimum Gasteiger partial charge on any atom is -0.334 e. The molecule has 0 spiro atoms. The summed E-state index contributed by atoms with van der Waals surface area (Å²) in [7, 11) is 3.40. The summed E-state index contributed by atoms with van der Waals surface area (Å²) in [5, 5.41) is 3.44. The van der Waals surface area contributed by atoms with Gasteiger partial charge in [0.1, 0.15) is 0 Å². The third kappa shape index (κ3) is 3.26. The van der Waals surface area contributed by atoms with Crippen LogP contribution in [0.2, 0.25) is 5.02 Å². The molecular formula is C10H13ClN2O. The summed E-state index contributed by atoms with van der Waals surface area (Å²) in [6.07, 6.45) is 0. The van der Waals surface area contributed by atoms with Crippen LogP contribution in [-0.2, 0) is 6.54 Å². The van der Waals surface area contributed by atoms with E-state index < -0.39 is 0 Å². The minimum absolute atomic E-state index is 0.107. The van der Waals surface area contributed by atoms with Crippen molar-refractivity contribution in [2.75, 3.05) is 14.1 Å². The first-order chi connectivity index (χ1) is 6.59. The Hall–Kier alpha value is -1.22. The van der Waals surface area contributed by atoms with Gasteiger partial charge in [0, 0.05) is 25.7 Å². The molecule has 0 aliphatic rings. The summed E-state index contributed by atoms with van der Waals surface area (Å²) in [6.45, 7) is 0.498. The van der Waals surface area contributed by atoms with E-state index in [1.165, 1.54) is 4.90 Å². The molecule has 0 aliphatic carbocycles. The Morgan fingerprint density at radius 2 is 2.21 bits per heavy atom. The van der Waals surface area contributed by atoms with E-state index in [-0.39, 0.29) is 6.03 Å². The molecule has 0 aromatic heterocycles. The second-order valence-electron chi connectivity index (χ2n) is 3.18. The first-order valence-electron chi connectivity index (χ1n) is 4.29. The summed E-state index contributed by atoms with van der Waals surface area (Å²) in [6, 6.07) is 7.31. The van der Waals surface area contributed by atoms with Crippen molar-refractivity contribution in [3.05, 3.63) is 34.9 Å². The number of carbonyl (C=O) groups is 1. The lowest BCUT2D eigenvalue weighted by Crippen LogP contribution is -2.33. The van der Waals surface area contributed by atoms with Crippen molar-refractivity contribution in [2.45, 2.75) is 6.54 Å². The van der Waals surface area contributed by atoms with Crippen LogP contribution in [0.15, 0.2) is 24.3 Å². The molecule has 1 rings (SSSR count). The smallest absolute Gasteiger partial charge is 0.317 e. The van der Waals surface area contributed by atoms with Crippen molar-refractivity contribution < 1.29 is 4.79 Å². The van der Waals surface area contributed by atoms with Crippen molar-refractivity contribution in [1.29, 1.82) is 0 Å². The van der Waals surface area contributed by atoms with Crippen LogP contribution >= 0.6 is 11.6 Å². The van der Waals surface area contributed by atoms with Gasteiger partial charge in [-0.2, -0.15) is 0 Å². The number of amides is 2. The maximum Gasteiger partial charge on any atom is 0.317 e. The van der Waals surface area contributed by atoms with E-state index in [0.717, 1.165) is 5.56 Å². The normalized spacial score (nSPS) is 9.64. The van der Waals surface area contributed by atoms with E-state index in [0.29, 0.717) is 11.6 Å². The monoisotopic (exact) mass is 212 g/mol. The van der Waals surface area contributed by atoms with Gasteiger partial charge in [-0.3, -0.25) is 0 Å². The average Bonchev–Trinajstić information content (AvgIpc) is 2.14. The first kappa shape index (κ1) is 10.9. The number of nitrogens with one attached hydrogen (secondary N) is 1. The largest absolute Gasteiger partial charge is 0.334 e. The minimum atomic E-state index is -0.107. The molecule has 2 amide bonds. The van der Waals surface area contributed by atoms with Crippen molar-refractivity contribution in [2.24, 2.45) is 0 Å². The van der Waals surface area contributed by atoms with Crippen LogP contribution in [-0.4, -0.2) is 25.0 Å². The van der Waals surface area contributed by atoms with Gasteiger partial charge in [0.15, 0.2) is 0 Å². The van der Waals surface area contributed by atoms with Crippen LogP contribution in [0.4, 0.5) is 4.79 Å². The van der Waals surface area contributed by atoms with E-state index in [1.807, 2.05) is 18.2 Å². The quantitative estimate of drug-likeness (QED) is 0.800. The Bertz CT molecular complexity index is 326. The molecule has 1 aromatic carbocycles. The zero-order valence-electron chi connectivity index (χ0n) is 8.25. The highest BCUT2D eigenvalue weighted by molar-refractivity contribution is 6.30. The van der Waals surface area contributed by atoms with Crippen molar-refractivity contribution in [3.8, 4) is 0 Å². The van der Waals surface area contributed by atoms with Gasteiger partial charge in [0.25, 0.3) is 0 Å². The van der Waals surface area contributed by atoms with Gasteiger partial charge < -0.3 is 10.2 Å². The molecule has 14 heavy (non-hydrogen) atoms. The zero-order valence-corrected chi connectivity index (χ0v) is 9.01. The molecule has 0 radical (unpaired) electrons. The van der Waals surface area contributed by atoms with E-state index >= 15 is 0 Å². The van der Waals surface area contributed by atoms with Crippen molar-refractivity contribution >= 4 is 17.6 Å². The predicted octanol–water partition coefficient (Wildman–Crippen LogP) is 2.11. The molecule has 0 atom stereocenters. The molecule has 1 N–H and O–H groups in total. The predicted molar refractivity (Wildman–Crippen MR) is 57.4 cm³/mol. The van der Waals surface area contributed by atoms with Crippen LogP contribution in [0.5, 0.6) is 0 Å². The molecule has 1 aromatic rings. The number of urea groups is 1. The Morgan fingerprint density at radius 3 is 2.79 bits per heavy atom. The van der Waals surface area contributed by atoms with Crippen LogP contribution in [0, 0.1) is 0 Å². The van der Waals surface area contributed by atoms with Gasteiger partial charge in [-0.25, -0.2) is 4.79 Å². The van der Waals surface area contributed by atoms with Crippen molar-refractivity contribution in [3.63, 3.8) is 0 Å². The molecule has 0 saturated heterocycles. The Morgan fingerprint density at radius 1 is 1.50 bits per heavy atom. The lowest BCUT2D eigenvalue weighted by molar-refractivity contribution is 0.217. The second kappa shape index (κ2) is 4.86. The van der Waals surface area contributed by atoms with Crippen LogP contribution in [0.3, 0.4) is 0 Å². The lowest BCUT2D eigenvalue weighted by Gasteiger charge is -2.11. The van der Waals surface area contributed by atoms with Crippen LogP contribution in [0.1, 0.15) is 5.56 Å². The van der Waals surface area contributed by atoms with E-state index in [1.54, 1.807) is 20.2 Å². The van der Waals surface area contributed by atoms with Gasteiger partial charge in [-0.15, -0.1) is 0 Å². The standard InChI is InChI=1S/C10H13ClN2O/c1-13(2)10(14)12-7-8-4-3-5-9(11)6-8/h3-6H,7H2,1-2H3,(H,12,14). The van der Waals surface area contributed by atoms with Gasteiger partial charge in [0.05, 0.1) is 0 Å². The maximum absolute atomic E-state index is 11.2. The van der Waals surface area contributed by atoms with Gasteiger partial charge in [-0.05, 0) is 17.7 Å². The first-order valence-corrected chi connectivity index (χ1v) is 4.67. The van der Waals surface area contributed by atoms with Gasteiger partial charge >= 0.3 is 6.03 Å². The van der Waals surface area contributed by atoms with Crippen molar-refractivity contribution in [1.82, 2.24) is 10.2 Å². The van der Waals surface area contributed by atoms with Gasteiger partial charge in [0.2, 0.25) is 0 Å². The average molecular weight is 213 g/mol. The fourth-order valence-corrected chi connectivity index (χ4v) is 1.20. The Labute approximate surface area is 88.7 Å². The third-order valence-corrected chi connectivity index (χ3v) is 1.97. The summed E-state index contributed by atoms with van der Waals surface area (Å²) in [5.41, 5.74) is 0.993. The topological polar surface area (TPSA) is 32.3 Å². The van der Waals surface area contributed by atoms with E-state index in [2.05, 4.69) is 5.32 Å². The molecule has 0 fully saturated rings. The molecule has 0 unspecified atom stereocenters. The molecule has 0 bridgehead atoms. The number of carbonyl (C=O) groups excluding carboxylic acids is 1. The second-order valence-corrected chi connectivity index (χ2v) is 3.62. The maximum atomic E-state index is 11.2. The summed E-state index contributed by atoms with van der Waals surface area (Å²) < 4.78 is 0. The number of hydrogen-bond donors (Lipinski definition) is 1. The molecule has 0 aliphatic heterocycles. The molecule has 76 valence electrons. The van der Waals surface area contributed by atoms with Crippen LogP contribution < -0.4 is 5.32 Å². The summed E-state index contributed by atoms with van der Waals surface area (Å²) >= 11 is 5.80. The highest BCUT2D eigenvalue weighted by atomic mass is 35.5. The Kier molecular flexibility index (Phi) is 3.77. The Balaban J connectivity index is 2.50. The number of hydrogen-bond acceptors (Lipinski definition) is 1. The number of halogens is 1. The lowest BCUT2D eigenvalue weighted by atomic mass is 10.2. The third-order valence-electron chi connectivity index (χ3n) is 1.74. The number of benzene rings is 1. The number of rotatable bonds is 2. The molecular weight excluding hydrogens is 200 g/mol.